The number of nitrogens with zero attached hydrogens (tertiary/aromatic N) is 1. The average Bonchev–Trinajstić information content (AvgIpc) is 2.33. The predicted octanol–water partition coefficient (Wildman–Crippen LogP) is 2.76. The number of halogens is 6. The maximum atomic E-state index is 13.4. The molecule has 1 atom stereocenters. The summed E-state index contributed by atoms with van der Waals surface area (Å²) in [5.41, 5.74) is 3.14. The molecule has 4 N–H and O–H groups in total. The highest BCUT2D eigenvalue weighted by atomic mass is 35.5. The third-order valence-electron chi connectivity index (χ3n) is 3.26. The van der Waals surface area contributed by atoms with Gasteiger partial charge in [0.05, 0.1) is 0 Å². The Labute approximate surface area is 133 Å². The van der Waals surface area contributed by atoms with Crippen LogP contribution in [0, 0.1) is 5.92 Å². The minimum Gasteiger partial charge on any atom is -0.376 e. The van der Waals surface area contributed by atoms with Gasteiger partial charge in [-0.05, 0) is 54.7 Å². The van der Waals surface area contributed by atoms with E-state index in [1.165, 1.54) is 0 Å². The summed E-state index contributed by atoms with van der Waals surface area (Å²) in [6, 6.07) is 0. The van der Waals surface area contributed by atoms with Crippen molar-refractivity contribution in [1.82, 2.24) is 5.43 Å². The first-order valence-electron chi connectivity index (χ1n) is 5.89. The molecule has 0 unspecified atom stereocenters. The number of alkyl halides is 6. The van der Waals surface area contributed by atoms with Crippen LogP contribution in [0.5, 0.6) is 0 Å². The van der Waals surface area contributed by atoms with Gasteiger partial charge in [-0.25, -0.2) is 0 Å². The number of nitrogens with two attached hydrogens (primary N) is 1. The zero-order chi connectivity index (χ0) is 16.5. The van der Waals surface area contributed by atoms with Crippen molar-refractivity contribution in [1.29, 1.82) is 0 Å². The van der Waals surface area contributed by atoms with Gasteiger partial charge in [0.15, 0.2) is 5.11 Å². The highest BCUT2D eigenvalue weighted by molar-refractivity contribution is 7.80. The number of nitrogens with one attached hydrogen (secondary N) is 1. The molecule has 1 fully saturated rings. The molecule has 0 saturated heterocycles. The molecule has 4 nitrogen and oxygen atoms in total. The summed E-state index contributed by atoms with van der Waals surface area (Å²) >= 11 is 13.9. The Bertz CT molecular complexity index is 425. The number of thiocarbonyl (C=S) groups is 1. The largest absolute Gasteiger partial charge is 0.376 e. The van der Waals surface area contributed by atoms with Crippen molar-refractivity contribution in [3.63, 3.8) is 0 Å². The van der Waals surface area contributed by atoms with E-state index in [1.54, 1.807) is 0 Å². The van der Waals surface area contributed by atoms with Crippen LogP contribution < -0.4 is 11.2 Å². The molecule has 1 aliphatic carbocycles. The van der Waals surface area contributed by atoms with Crippen LogP contribution >= 0.6 is 35.4 Å². The maximum Gasteiger partial charge on any atom is 0.357 e. The number of hydrazone groups is 1. The van der Waals surface area contributed by atoms with Gasteiger partial charge >= 0.3 is 10.8 Å². The van der Waals surface area contributed by atoms with Crippen molar-refractivity contribution >= 4 is 46.2 Å². The fourth-order valence-corrected chi connectivity index (χ4v) is 2.86. The Kier molecular flexibility index (Phi) is 5.68. The number of hydrogen-bond acceptors (Lipinski definition) is 3. The number of hydrogen-bond donors (Lipinski definition) is 3. The molecule has 1 rings (SSSR count). The van der Waals surface area contributed by atoms with Crippen LogP contribution in [0.25, 0.3) is 0 Å². The van der Waals surface area contributed by atoms with Crippen LogP contribution in [0.3, 0.4) is 0 Å². The van der Waals surface area contributed by atoms with E-state index in [4.69, 9.17) is 28.9 Å². The number of aliphatic hydroxyl groups is 1. The second-order valence-electron chi connectivity index (χ2n) is 4.64. The molecule has 11 heteroatoms. The minimum absolute atomic E-state index is 0.0997. The second kappa shape index (κ2) is 6.39. The lowest BCUT2D eigenvalue weighted by Crippen LogP contribution is -2.63. The summed E-state index contributed by atoms with van der Waals surface area (Å²) in [6.07, 6.45) is 0.770. The van der Waals surface area contributed by atoms with E-state index in [0.29, 0.717) is 12.8 Å². The van der Waals surface area contributed by atoms with Crippen molar-refractivity contribution < 1.29 is 22.7 Å². The highest BCUT2D eigenvalue weighted by Crippen LogP contribution is 2.52. The van der Waals surface area contributed by atoms with Gasteiger partial charge in [-0.2, -0.15) is 22.7 Å². The van der Waals surface area contributed by atoms with E-state index < -0.39 is 22.3 Å². The van der Waals surface area contributed by atoms with Gasteiger partial charge in [0.2, 0.25) is 5.60 Å². The molecular weight excluding hydrogens is 357 g/mol. The summed E-state index contributed by atoms with van der Waals surface area (Å²) in [4.78, 5) is 0. The Hall–Kier alpha value is -0.380. The maximum absolute atomic E-state index is 13.4. The van der Waals surface area contributed by atoms with Gasteiger partial charge in [0.1, 0.15) is 0 Å². The molecule has 0 amide bonds. The summed E-state index contributed by atoms with van der Waals surface area (Å²) in [5.74, 6) is -1.74. The molecule has 1 saturated carbocycles. The fourth-order valence-electron chi connectivity index (χ4n) is 2.26. The quantitative estimate of drug-likeness (QED) is 0.308. The lowest BCUT2D eigenvalue weighted by Gasteiger charge is -2.42. The predicted molar refractivity (Wildman–Crippen MR) is 75.9 cm³/mol. The molecule has 0 bridgehead atoms. The molecule has 0 radical (unpaired) electrons. The van der Waals surface area contributed by atoms with Crippen molar-refractivity contribution in [3.8, 4) is 0 Å². The first-order valence-corrected chi connectivity index (χ1v) is 7.05. The third-order valence-corrected chi connectivity index (χ3v) is 3.92. The Morgan fingerprint density at radius 3 is 2.24 bits per heavy atom. The van der Waals surface area contributed by atoms with E-state index in [2.05, 4.69) is 22.7 Å². The van der Waals surface area contributed by atoms with Crippen LogP contribution in [0.4, 0.5) is 17.6 Å². The van der Waals surface area contributed by atoms with Crippen molar-refractivity contribution in [2.45, 2.75) is 42.0 Å². The van der Waals surface area contributed by atoms with Crippen LogP contribution in [0.15, 0.2) is 5.10 Å². The van der Waals surface area contributed by atoms with Crippen molar-refractivity contribution in [2.24, 2.45) is 16.8 Å². The van der Waals surface area contributed by atoms with E-state index in [-0.39, 0.29) is 23.7 Å². The van der Waals surface area contributed by atoms with E-state index in [9.17, 15) is 22.7 Å². The molecule has 21 heavy (non-hydrogen) atoms. The molecule has 122 valence electrons. The van der Waals surface area contributed by atoms with Gasteiger partial charge < -0.3 is 10.8 Å². The summed E-state index contributed by atoms with van der Waals surface area (Å²) in [5, 5.41) is 3.92. The first-order chi connectivity index (χ1) is 9.41. The van der Waals surface area contributed by atoms with Crippen LogP contribution in [0.2, 0.25) is 0 Å². The second-order valence-corrected chi connectivity index (χ2v) is 6.03. The molecular formula is C10H13Cl2F4N3OS. The summed E-state index contributed by atoms with van der Waals surface area (Å²) < 4.78 is 53.8. The lowest BCUT2D eigenvalue weighted by molar-refractivity contribution is -0.234. The number of rotatable bonds is 4. The molecule has 0 aromatic heterocycles. The third kappa shape index (κ3) is 3.88. The summed E-state index contributed by atoms with van der Waals surface area (Å²) in [7, 11) is 0. The standard InChI is InChI=1S/C10H13Cl2F4N3OS/c11-9(13,14)8(20,10(12,15)16)5-3-1-2-4-6(5)18-19-7(17)21/h5,20H,1-4H2,(H3,17,19,21)/b18-6+/t5-/m1/s1. The Balaban J connectivity index is 3.27. The monoisotopic (exact) mass is 369 g/mol. The van der Waals surface area contributed by atoms with Gasteiger partial charge in [0.25, 0.3) is 0 Å². The minimum atomic E-state index is -4.66. The van der Waals surface area contributed by atoms with Crippen LogP contribution in [-0.4, -0.2) is 32.3 Å². The van der Waals surface area contributed by atoms with Crippen molar-refractivity contribution in [2.75, 3.05) is 0 Å². The molecule has 0 spiro atoms. The topological polar surface area (TPSA) is 70.6 Å². The average molecular weight is 370 g/mol. The zero-order valence-corrected chi connectivity index (χ0v) is 12.9. The van der Waals surface area contributed by atoms with E-state index in [0.717, 1.165) is 0 Å². The van der Waals surface area contributed by atoms with Crippen LogP contribution in [-0.2, 0) is 0 Å². The van der Waals surface area contributed by atoms with Gasteiger partial charge in [-0.1, -0.05) is 6.42 Å². The Morgan fingerprint density at radius 2 is 1.81 bits per heavy atom. The molecule has 0 aromatic rings. The zero-order valence-electron chi connectivity index (χ0n) is 10.6. The van der Waals surface area contributed by atoms with Gasteiger partial charge in [-0.15, -0.1) is 0 Å². The van der Waals surface area contributed by atoms with Crippen molar-refractivity contribution in [3.05, 3.63) is 0 Å². The fraction of sp³-hybridized carbons (Fsp3) is 0.800. The highest BCUT2D eigenvalue weighted by Gasteiger charge is 2.71. The molecule has 0 aromatic carbocycles. The molecule has 0 heterocycles. The SMILES string of the molecule is NC(=S)N/N=C1\CCCC[C@H]1C(O)(C(F)(F)Cl)C(F)(F)Cl. The van der Waals surface area contributed by atoms with Gasteiger partial charge in [-0.3, -0.25) is 5.43 Å². The van der Waals surface area contributed by atoms with E-state index >= 15 is 0 Å². The van der Waals surface area contributed by atoms with Gasteiger partial charge in [0, 0.05) is 11.6 Å². The van der Waals surface area contributed by atoms with E-state index in [1.807, 2.05) is 0 Å². The normalized spacial score (nSPS) is 23.2. The molecule has 0 aliphatic heterocycles. The lowest BCUT2D eigenvalue weighted by atomic mass is 9.75. The summed E-state index contributed by atoms with van der Waals surface area (Å²) in [6.45, 7) is 0. The Morgan fingerprint density at radius 1 is 1.29 bits per heavy atom. The first kappa shape index (κ1) is 18.7. The van der Waals surface area contributed by atoms with Crippen LogP contribution in [0.1, 0.15) is 25.7 Å². The smallest absolute Gasteiger partial charge is 0.357 e. The molecule has 1 aliphatic rings.